The molecule has 3 N–H and O–H groups in total. The Morgan fingerprint density at radius 2 is 2.04 bits per heavy atom. The molecule has 2 amide bonds. The highest BCUT2D eigenvalue weighted by molar-refractivity contribution is 5.95. The largest absolute Gasteiger partial charge is 0.497 e. The van der Waals surface area contributed by atoms with Crippen LogP contribution < -0.4 is 15.8 Å². The number of halogens is 1. The average molecular weight is 382 g/mol. The quantitative estimate of drug-likeness (QED) is 0.791. The summed E-state index contributed by atoms with van der Waals surface area (Å²) in [4.78, 5) is 26.9. The van der Waals surface area contributed by atoms with Crippen LogP contribution in [-0.2, 0) is 9.59 Å². The number of likely N-dealkylation sites (N-methyl/N-ethyl adjacent to an activating group) is 1. The van der Waals surface area contributed by atoms with Crippen LogP contribution in [0.2, 0.25) is 0 Å². The lowest BCUT2D eigenvalue weighted by Gasteiger charge is -2.32. The van der Waals surface area contributed by atoms with E-state index in [1.807, 2.05) is 19.1 Å². The number of rotatable bonds is 6. The number of ether oxygens (including phenoxy) is 1. The van der Waals surface area contributed by atoms with Crippen LogP contribution in [0.1, 0.15) is 26.2 Å². The second-order valence-electron chi connectivity index (χ2n) is 7.07. The molecule has 2 aliphatic rings. The number of anilines is 1. The van der Waals surface area contributed by atoms with Crippen molar-refractivity contribution in [3.63, 3.8) is 0 Å². The van der Waals surface area contributed by atoms with Crippen molar-refractivity contribution in [2.75, 3.05) is 25.5 Å². The first kappa shape index (κ1) is 20.5. The third-order valence-electron chi connectivity index (χ3n) is 5.65. The molecule has 2 aliphatic carbocycles. The summed E-state index contributed by atoms with van der Waals surface area (Å²) in [5.74, 6) is 1.24. The van der Waals surface area contributed by atoms with E-state index in [4.69, 9.17) is 10.5 Å². The molecule has 26 heavy (non-hydrogen) atoms. The first-order valence-electron chi connectivity index (χ1n) is 9.01. The second kappa shape index (κ2) is 8.73. The molecule has 4 atom stereocenters. The van der Waals surface area contributed by atoms with Crippen molar-refractivity contribution in [1.82, 2.24) is 4.90 Å². The van der Waals surface area contributed by atoms with Crippen LogP contribution in [-0.4, -0.2) is 43.0 Å². The van der Waals surface area contributed by atoms with E-state index in [2.05, 4.69) is 5.32 Å². The smallest absolute Gasteiger partial charge is 0.243 e. The van der Waals surface area contributed by atoms with Crippen molar-refractivity contribution in [1.29, 1.82) is 0 Å². The number of methoxy groups -OCH3 is 1. The van der Waals surface area contributed by atoms with Gasteiger partial charge in [-0.15, -0.1) is 12.4 Å². The Morgan fingerprint density at radius 1 is 1.31 bits per heavy atom. The molecule has 1 aromatic carbocycles. The Labute approximate surface area is 160 Å². The van der Waals surface area contributed by atoms with Crippen molar-refractivity contribution < 1.29 is 14.3 Å². The van der Waals surface area contributed by atoms with Gasteiger partial charge in [0.25, 0.3) is 0 Å². The minimum atomic E-state index is -0.208. The number of nitrogens with two attached hydrogens (primary N) is 1. The van der Waals surface area contributed by atoms with Gasteiger partial charge in [-0.2, -0.15) is 0 Å². The average Bonchev–Trinajstić information content (AvgIpc) is 3.20. The van der Waals surface area contributed by atoms with E-state index in [-0.39, 0.29) is 42.7 Å². The second-order valence-corrected chi connectivity index (χ2v) is 7.07. The van der Waals surface area contributed by atoms with Crippen molar-refractivity contribution in [2.45, 2.75) is 32.2 Å². The van der Waals surface area contributed by atoms with Gasteiger partial charge >= 0.3 is 0 Å². The third kappa shape index (κ3) is 4.13. The van der Waals surface area contributed by atoms with Crippen LogP contribution in [0.25, 0.3) is 0 Å². The van der Waals surface area contributed by atoms with E-state index >= 15 is 0 Å². The lowest BCUT2D eigenvalue weighted by molar-refractivity contribution is -0.140. The van der Waals surface area contributed by atoms with Gasteiger partial charge in [-0.1, -0.05) is 6.07 Å². The predicted molar refractivity (Wildman–Crippen MR) is 103 cm³/mol. The zero-order valence-electron chi connectivity index (χ0n) is 15.3. The molecule has 144 valence electrons. The van der Waals surface area contributed by atoms with Crippen LogP contribution in [0.4, 0.5) is 5.69 Å². The zero-order chi connectivity index (χ0) is 18.0. The topological polar surface area (TPSA) is 84.7 Å². The summed E-state index contributed by atoms with van der Waals surface area (Å²) in [7, 11) is 1.58. The van der Waals surface area contributed by atoms with Gasteiger partial charge in [0.2, 0.25) is 11.8 Å². The van der Waals surface area contributed by atoms with Gasteiger partial charge in [0.15, 0.2) is 0 Å². The number of nitrogens with one attached hydrogen (secondary N) is 1. The van der Waals surface area contributed by atoms with Gasteiger partial charge in [-0.05, 0) is 50.2 Å². The summed E-state index contributed by atoms with van der Waals surface area (Å²) in [6, 6.07) is 7.12. The Bertz CT molecular complexity index is 653. The molecular weight excluding hydrogens is 354 g/mol. The van der Waals surface area contributed by atoms with Gasteiger partial charge in [0.1, 0.15) is 5.75 Å². The Kier molecular flexibility index (Phi) is 6.89. The minimum absolute atomic E-state index is 0. The molecular formula is C19H28ClN3O3. The number of hydrogen-bond donors (Lipinski definition) is 2. The molecule has 4 unspecified atom stereocenters. The first-order chi connectivity index (χ1) is 12.0. The summed E-state index contributed by atoms with van der Waals surface area (Å²) in [6.45, 7) is 2.45. The fourth-order valence-electron chi connectivity index (χ4n) is 4.33. The number of carbonyl (C=O) groups is 2. The molecule has 0 spiro atoms. The molecule has 0 heterocycles. The first-order valence-corrected chi connectivity index (χ1v) is 9.01. The number of carbonyl (C=O) groups excluding carboxylic acids is 2. The summed E-state index contributed by atoms with van der Waals surface area (Å²) in [5, 5.41) is 2.83. The lowest BCUT2D eigenvalue weighted by Crippen LogP contribution is -2.48. The number of hydrogen-bond acceptors (Lipinski definition) is 4. The lowest BCUT2D eigenvalue weighted by atomic mass is 9.84. The van der Waals surface area contributed by atoms with Gasteiger partial charge in [-0.25, -0.2) is 0 Å². The van der Waals surface area contributed by atoms with Gasteiger partial charge < -0.3 is 20.7 Å². The zero-order valence-corrected chi connectivity index (χ0v) is 16.1. The molecule has 2 fully saturated rings. The Morgan fingerprint density at radius 3 is 2.65 bits per heavy atom. The Hall–Kier alpha value is -1.79. The number of fused-ring (bicyclic) bond motifs is 2. The van der Waals surface area contributed by atoms with Crippen molar-refractivity contribution in [3.05, 3.63) is 24.3 Å². The third-order valence-corrected chi connectivity index (χ3v) is 5.65. The number of nitrogens with zero attached hydrogens (tertiary/aromatic N) is 1. The normalized spacial score (nSPS) is 26.1. The molecule has 0 aliphatic heterocycles. The molecule has 0 aromatic heterocycles. The molecule has 1 aromatic rings. The van der Waals surface area contributed by atoms with E-state index in [9.17, 15) is 9.59 Å². The maximum atomic E-state index is 12.9. The van der Waals surface area contributed by atoms with Gasteiger partial charge in [0, 0.05) is 24.3 Å². The molecule has 6 nitrogen and oxygen atoms in total. The fraction of sp³-hybridized carbons (Fsp3) is 0.579. The van der Waals surface area contributed by atoms with E-state index < -0.39 is 0 Å². The molecule has 0 radical (unpaired) electrons. The van der Waals surface area contributed by atoms with Crippen LogP contribution in [0.5, 0.6) is 5.75 Å². The molecule has 3 rings (SSSR count). The highest BCUT2D eigenvalue weighted by Crippen LogP contribution is 2.48. The molecule has 2 bridgehead atoms. The fourth-order valence-corrected chi connectivity index (χ4v) is 4.33. The van der Waals surface area contributed by atoms with Crippen molar-refractivity contribution in [2.24, 2.45) is 23.5 Å². The maximum absolute atomic E-state index is 12.9. The van der Waals surface area contributed by atoms with Crippen molar-refractivity contribution >= 4 is 29.9 Å². The van der Waals surface area contributed by atoms with Gasteiger partial charge in [0.05, 0.1) is 19.6 Å². The van der Waals surface area contributed by atoms with E-state index in [1.165, 1.54) is 0 Å². The van der Waals surface area contributed by atoms with Crippen LogP contribution in [0.15, 0.2) is 24.3 Å². The minimum Gasteiger partial charge on any atom is -0.497 e. The number of amides is 2. The summed E-state index contributed by atoms with van der Waals surface area (Å²) in [5.41, 5.74) is 6.94. The standard InChI is InChI=1S/C19H27N3O3.ClH/c1-3-22(19(24)17-12-7-8-13(9-12)18(17)20)11-16(23)21-14-5-4-6-15(10-14)25-2;/h4-6,10,12-13,17-18H,3,7-9,11,20H2,1-2H3,(H,21,23);1H. The molecule has 0 saturated heterocycles. The molecule has 7 heteroatoms. The van der Waals surface area contributed by atoms with Crippen LogP contribution in [0, 0.1) is 17.8 Å². The highest BCUT2D eigenvalue weighted by atomic mass is 35.5. The number of benzene rings is 1. The Balaban J connectivity index is 0.00000243. The van der Waals surface area contributed by atoms with Crippen LogP contribution in [0.3, 0.4) is 0 Å². The van der Waals surface area contributed by atoms with E-state index in [0.717, 1.165) is 19.3 Å². The van der Waals surface area contributed by atoms with E-state index in [0.29, 0.717) is 29.8 Å². The van der Waals surface area contributed by atoms with Gasteiger partial charge in [-0.3, -0.25) is 9.59 Å². The summed E-state index contributed by atoms with van der Waals surface area (Å²) in [6.07, 6.45) is 3.28. The highest BCUT2D eigenvalue weighted by Gasteiger charge is 2.50. The van der Waals surface area contributed by atoms with Crippen molar-refractivity contribution in [3.8, 4) is 5.75 Å². The van der Waals surface area contributed by atoms with Crippen LogP contribution >= 0.6 is 12.4 Å². The van der Waals surface area contributed by atoms with E-state index in [1.54, 1.807) is 24.1 Å². The predicted octanol–water partition coefficient (Wildman–Crippen LogP) is 2.28. The monoisotopic (exact) mass is 381 g/mol. The summed E-state index contributed by atoms with van der Waals surface area (Å²) >= 11 is 0. The SMILES string of the molecule is CCN(CC(=O)Nc1cccc(OC)c1)C(=O)C1C2CCC(C2)C1N.Cl. The maximum Gasteiger partial charge on any atom is 0.243 e. The summed E-state index contributed by atoms with van der Waals surface area (Å²) < 4.78 is 5.15. The molecule has 2 saturated carbocycles.